The quantitative estimate of drug-likeness (QED) is 0.858. The third kappa shape index (κ3) is 4.06. The van der Waals surface area contributed by atoms with E-state index in [1.54, 1.807) is 6.07 Å². The molecule has 2 rings (SSSR count). The van der Waals surface area contributed by atoms with E-state index in [1.807, 2.05) is 24.3 Å². The van der Waals surface area contributed by atoms with Gasteiger partial charge in [0.05, 0.1) is 17.1 Å². The highest BCUT2D eigenvalue weighted by Crippen LogP contribution is 2.24. The standard InChI is InChI=1S/C15H11BrClNO3/c16-10-6-4-9(5-7-10)8-13(19)18-12-3-1-2-11(17)14(12)15(20)21/h1-7H,8H2,(H,18,19)(H,20,21). The van der Waals surface area contributed by atoms with Crippen LogP contribution in [0.5, 0.6) is 0 Å². The lowest BCUT2D eigenvalue weighted by atomic mass is 10.1. The SMILES string of the molecule is O=C(Cc1ccc(Br)cc1)Nc1cccc(Cl)c1C(=O)O. The second kappa shape index (κ2) is 6.74. The van der Waals surface area contributed by atoms with Crippen LogP contribution in [0.2, 0.25) is 5.02 Å². The van der Waals surface area contributed by atoms with Crippen molar-refractivity contribution in [2.75, 3.05) is 5.32 Å². The molecule has 0 aliphatic carbocycles. The summed E-state index contributed by atoms with van der Waals surface area (Å²) >= 11 is 9.17. The molecule has 0 saturated carbocycles. The number of carboxylic acids is 1. The van der Waals surface area contributed by atoms with Gasteiger partial charge in [-0.15, -0.1) is 0 Å². The van der Waals surface area contributed by atoms with Gasteiger partial charge in [-0.25, -0.2) is 4.79 Å². The molecule has 2 aromatic rings. The number of nitrogens with one attached hydrogen (secondary N) is 1. The number of carbonyl (C=O) groups is 2. The minimum absolute atomic E-state index is 0.0870. The topological polar surface area (TPSA) is 66.4 Å². The van der Waals surface area contributed by atoms with Crippen LogP contribution < -0.4 is 5.32 Å². The van der Waals surface area contributed by atoms with Crippen molar-refractivity contribution in [1.82, 2.24) is 0 Å². The summed E-state index contributed by atoms with van der Waals surface area (Å²) in [5.74, 6) is -1.48. The Balaban J connectivity index is 2.15. The fraction of sp³-hybridized carbons (Fsp3) is 0.0667. The highest BCUT2D eigenvalue weighted by atomic mass is 79.9. The molecule has 0 saturated heterocycles. The summed E-state index contributed by atoms with van der Waals surface area (Å²) in [7, 11) is 0. The lowest BCUT2D eigenvalue weighted by Crippen LogP contribution is -2.17. The van der Waals surface area contributed by atoms with E-state index in [4.69, 9.17) is 16.7 Å². The van der Waals surface area contributed by atoms with E-state index in [2.05, 4.69) is 21.2 Å². The Morgan fingerprint density at radius 1 is 1.14 bits per heavy atom. The molecule has 0 radical (unpaired) electrons. The molecule has 0 bridgehead atoms. The molecule has 0 fully saturated rings. The summed E-state index contributed by atoms with van der Waals surface area (Å²) in [4.78, 5) is 23.2. The number of hydrogen-bond donors (Lipinski definition) is 2. The number of halogens is 2. The molecule has 2 N–H and O–H groups in total. The van der Waals surface area contributed by atoms with Crippen molar-refractivity contribution in [3.8, 4) is 0 Å². The van der Waals surface area contributed by atoms with E-state index in [-0.39, 0.29) is 28.6 Å². The van der Waals surface area contributed by atoms with Crippen LogP contribution >= 0.6 is 27.5 Å². The third-order valence-electron chi connectivity index (χ3n) is 2.78. The van der Waals surface area contributed by atoms with E-state index in [0.29, 0.717) is 0 Å². The van der Waals surface area contributed by atoms with E-state index in [1.165, 1.54) is 12.1 Å². The van der Waals surface area contributed by atoms with Gasteiger partial charge in [-0.2, -0.15) is 0 Å². The van der Waals surface area contributed by atoms with Crippen LogP contribution in [0.25, 0.3) is 0 Å². The van der Waals surface area contributed by atoms with Crippen LogP contribution in [0.1, 0.15) is 15.9 Å². The van der Waals surface area contributed by atoms with Gasteiger partial charge in [0, 0.05) is 4.47 Å². The van der Waals surface area contributed by atoms with Crippen molar-refractivity contribution < 1.29 is 14.7 Å². The number of rotatable bonds is 4. The van der Waals surface area contributed by atoms with Gasteiger partial charge in [-0.05, 0) is 29.8 Å². The van der Waals surface area contributed by atoms with Gasteiger partial charge in [0.15, 0.2) is 0 Å². The Bertz CT molecular complexity index is 686. The van der Waals surface area contributed by atoms with Gasteiger partial charge in [-0.1, -0.05) is 45.7 Å². The average Bonchev–Trinajstić information content (AvgIpc) is 2.41. The number of anilines is 1. The first-order valence-corrected chi connectivity index (χ1v) is 7.20. The van der Waals surface area contributed by atoms with Gasteiger partial charge in [0.2, 0.25) is 5.91 Å². The van der Waals surface area contributed by atoms with Crippen molar-refractivity contribution in [2.45, 2.75) is 6.42 Å². The molecule has 108 valence electrons. The molecule has 0 aromatic heterocycles. The molecule has 2 aromatic carbocycles. The Morgan fingerprint density at radius 2 is 1.81 bits per heavy atom. The van der Waals surface area contributed by atoms with Crippen molar-refractivity contribution in [3.63, 3.8) is 0 Å². The third-order valence-corrected chi connectivity index (χ3v) is 3.62. The van der Waals surface area contributed by atoms with Crippen LogP contribution in [0, 0.1) is 0 Å². The molecule has 0 atom stereocenters. The molecule has 0 heterocycles. The van der Waals surface area contributed by atoms with Crippen LogP contribution in [0.4, 0.5) is 5.69 Å². The first kappa shape index (κ1) is 15.5. The molecule has 0 aliphatic heterocycles. The number of benzene rings is 2. The predicted octanol–water partition coefficient (Wildman–Crippen LogP) is 3.98. The maximum Gasteiger partial charge on any atom is 0.339 e. The van der Waals surface area contributed by atoms with Gasteiger partial charge in [0.25, 0.3) is 0 Å². The zero-order valence-electron chi connectivity index (χ0n) is 10.8. The largest absolute Gasteiger partial charge is 0.478 e. The van der Waals surface area contributed by atoms with Crippen molar-refractivity contribution >= 4 is 45.1 Å². The molecule has 0 aliphatic rings. The predicted molar refractivity (Wildman–Crippen MR) is 84.9 cm³/mol. The second-order valence-electron chi connectivity index (χ2n) is 4.32. The lowest BCUT2D eigenvalue weighted by Gasteiger charge is -2.09. The average molecular weight is 369 g/mol. The van der Waals surface area contributed by atoms with Crippen molar-refractivity contribution in [1.29, 1.82) is 0 Å². The van der Waals surface area contributed by atoms with Crippen LogP contribution in [0.3, 0.4) is 0 Å². The van der Waals surface area contributed by atoms with Gasteiger partial charge < -0.3 is 10.4 Å². The zero-order chi connectivity index (χ0) is 15.4. The van der Waals surface area contributed by atoms with Crippen molar-refractivity contribution in [3.05, 3.63) is 63.1 Å². The minimum atomic E-state index is -1.18. The first-order chi connectivity index (χ1) is 9.97. The summed E-state index contributed by atoms with van der Waals surface area (Å²) in [6, 6.07) is 11.9. The normalized spacial score (nSPS) is 10.2. The number of hydrogen-bond acceptors (Lipinski definition) is 2. The van der Waals surface area contributed by atoms with E-state index in [0.717, 1.165) is 10.0 Å². The highest BCUT2D eigenvalue weighted by molar-refractivity contribution is 9.10. The lowest BCUT2D eigenvalue weighted by molar-refractivity contribution is -0.115. The first-order valence-electron chi connectivity index (χ1n) is 6.03. The fourth-order valence-electron chi connectivity index (χ4n) is 1.83. The fourth-order valence-corrected chi connectivity index (χ4v) is 2.35. The van der Waals surface area contributed by atoms with Gasteiger partial charge >= 0.3 is 5.97 Å². The summed E-state index contributed by atoms with van der Waals surface area (Å²) in [6.45, 7) is 0. The number of carbonyl (C=O) groups excluding carboxylic acids is 1. The molecule has 1 amide bonds. The molecule has 0 unspecified atom stereocenters. The van der Waals surface area contributed by atoms with Crippen LogP contribution in [0.15, 0.2) is 46.9 Å². The number of amides is 1. The Kier molecular flexibility index (Phi) is 4.98. The van der Waals surface area contributed by atoms with Crippen molar-refractivity contribution in [2.24, 2.45) is 0 Å². The molecule has 21 heavy (non-hydrogen) atoms. The minimum Gasteiger partial charge on any atom is -0.478 e. The molecular weight excluding hydrogens is 358 g/mol. The summed E-state index contributed by atoms with van der Waals surface area (Å²) in [5.41, 5.74) is 0.912. The number of carboxylic acid groups (broad SMARTS) is 1. The Hall–Kier alpha value is -1.85. The van der Waals surface area contributed by atoms with Crippen LogP contribution in [-0.4, -0.2) is 17.0 Å². The summed E-state index contributed by atoms with van der Waals surface area (Å²) < 4.78 is 0.926. The molecule has 6 heteroatoms. The zero-order valence-corrected chi connectivity index (χ0v) is 13.1. The Morgan fingerprint density at radius 3 is 2.43 bits per heavy atom. The van der Waals surface area contributed by atoms with E-state index >= 15 is 0 Å². The maximum atomic E-state index is 12.0. The van der Waals surface area contributed by atoms with Crippen LogP contribution in [-0.2, 0) is 11.2 Å². The summed E-state index contributed by atoms with van der Waals surface area (Å²) in [6.07, 6.45) is 0.152. The Labute approximate surface area is 134 Å². The second-order valence-corrected chi connectivity index (χ2v) is 5.64. The monoisotopic (exact) mass is 367 g/mol. The molecule has 0 spiro atoms. The van der Waals surface area contributed by atoms with Gasteiger partial charge in [-0.3, -0.25) is 4.79 Å². The van der Waals surface area contributed by atoms with E-state index in [9.17, 15) is 9.59 Å². The summed E-state index contributed by atoms with van der Waals surface area (Å²) in [5, 5.41) is 11.8. The van der Waals surface area contributed by atoms with E-state index < -0.39 is 5.97 Å². The highest BCUT2D eigenvalue weighted by Gasteiger charge is 2.16. The smallest absolute Gasteiger partial charge is 0.339 e. The molecule has 4 nitrogen and oxygen atoms in total. The van der Waals surface area contributed by atoms with Gasteiger partial charge in [0.1, 0.15) is 5.56 Å². The molecular formula is C15H11BrClNO3. The number of aromatic carboxylic acids is 1. The maximum absolute atomic E-state index is 12.0.